The van der Waals surface area contributed by atoms with Gasteiger partial charge < -0.3 is 9.73 Å². The number of fused-ring (bicyclic) bond motifs is 2. The van der Waals surface area contributed by atoms with Crippen molar-refractivity contribution in [2.45, 2.75) is 31.6 Å². The van der Waals surface area contributed by atoms with Crippen LogP contribution >= 0.6 is 0 Å². The number of rotatable bonds is 7. The van der Waals surface area contributed by atoms with Crippen molar-refractivity contribution in [3.63, 3.8) is 0 Å². The molecule has 0 saturated heterocycles. The van der Waals surface area contributed by atoms with Crippen molar-refractivity contribution in [1.82, 2.24) is 0 Å². The maximum Gasteiger partial charge on any atom is 0.295 e. The van der Waals surface area contributed by atoms with Gasteiger partial charge in [0.15, 0.2) is 0 Å². The fourth-order valence-electron chi connectivity index (χ4n) is 3.79. The van der Waals surface area contributed by atoms with Gasteiger partial charge in [-0.3, -0.25) is 9.55 Å². The van der Waals surface area contributed by atoms with E-state index in [2.05, 4.69) is 24.2 Å². The standard InChI is InChI=1S/C25H26N2O4S/c1-3-13-26-17-9-11-19-22(15-17)31-23-16-18(27-14-4-2)10-12-20(23)25(19)21-7-5-6-8-24(21)32(28,29)30/h5-12,15-16,26H,3-4,13-14H2,1-2H3,(H,28,29,30). The minimum absolute atomic E-state index is 0.137. The maximum absolute atomic E-state index is 12.2. The Kier molecular flexibility index (Phi) is 6.30. The van der Waals surface area contributed by atoms with Crippen LogP contribution in [0.5, 0.6) is 0 Å². The van der Waals surface area contributed by atoms with Gasteiger partial charge in [0.2, 0.25) is 0 Å². The minimum Gasteiger partial charge on any atom is -0.456 e. The summed E-state index contributed by atoms with van der Waals surface area (Å²) in [5, 5.41) is 4.92. The molecule has 7 heteroatoms. The van der Waals surface area contributed by atoms with E-state index in [-0.39, 0.29) is 4.90 Å². The molecule has 0 amide bonds. The van der Waals surface area contributed by atoms with Crippen LogP contribution in [-0.2, 0) is 10.1 Å². The number of benzene rings is 3. The Hall–Kier alpha value is -3.16. The molecule has 0 saturated carbocycles. The number of hydrogen-bond acceptors (Lipinski definition) is 5. The molecule has 0 spiro atoms. The molecule has 0 atom stereocenters. The Morgan fingerprint density at radius 1 is 0.969 bits per heavy atom. The maximum atomic E-state index is 12.2. The van der Waals surface area contributed by atoms with Crippen LogP contribution in [0.4, 0.5) is 5.69 Å². The fourth-order valence-corrected chi connectivity index (χ4v) is 4.48. The molecule has 1 aliphatic heterocycles. The summed E-state index contributed by atoms with van der Waals surface area (Å²) >= 11 is 0. The molecule has 0 radical (unpaired) electrons. The lowest BCUT2D eigenvalue weighted by Crippen LogP contribution is -2.06. The van der Waals surface area contributed by atoms with Crippen molar-refractivity contribution < 1.29 is 17.4 Å². The average Bonchev–Trinajstić information content (AvgIpc) is 2.79. The summed E-state index contributed by atoms with van der Waals surface area (Å²) in [4.78, 5) is 4.43. The molecule has 0 unspecified atom stereocenters. The van der Waals surface area contributed by atoms with E-state index in [1.807, 2.05) is 36.4 Å². The first kappa shape index (κ1) is 22.0. The highest BCUT2D eigenvalue weighted by atomic mass is 32.2. The van der Waals surface area contributed by atoms with Gasteiger partial charge in [-0.05, 0) is 43.2 Å². The van der Waals surface area contributed by atoms with E-state index in [0.29, 0.717) is 29.0 Å². The highest BCUT2D eigenvalue weighted by Gasteiger charge is 2.23. The van der Waals surface area contributed by atoms with Gasteiger partial charge in [-0.2, -0.15) is 8.42 Å². The van der Waals surface area contributed by atoms with Crippen molar-refractivity contribution in [1.29, 1.82) is 0 Å². The van der Waals surface area contributed by atoms with Gasteiger partial charge in [-0.25, -0.2) is 0 Å². The molecule has 166 valence electrons. The molecule has 2 aromatic carbocycles. The van der Waals surface area contributed by atoms with E-state index >= 15 is 0 Å². The third-order valence-corrected chi connectivity index (χ3v) is 6.15. The van der Waals surface area contributed by atoms with Gasteiger partial charge >= 0.3 is 0 Å². The van der Waals surface area contributed by atoms with Crippen LogP contribution < -0.4 is 10.7 Å². The molecule has 1 heterocycles. The second kappa shape index (κ2) is 9.14. The molecule has 32 heavy (non-hydrogen) atoms. The quantitative estimate of drug-likeness (QED) is 0.283. The van der Waals surface area contributed by atoms with Crippen molar-refractivity contribution in [2.24, 2.45) is 4.99 Å². The second-order valence-electron chi connectivity index (χ2n) is 7.65. The van der Waals surface area contributed by atoms with E-state index in [1.54, 1.807) is 18.2 Å². The van der Waals surface area contributed by atoms with E-state index in [1.165, 1.54) is 6.07 Å². The van der Waals surface area contributed by atoms with Crippen LogP contribution in [0.1, 0.15) is 26.7 Å². The van der Waals surface area contributed by atoms with Gasteiger partial charge in [0.05, 0.1) is 5.36 Å². The van der Waals surface area contributed by atoms with Gasteiger partial charge in [-0.15, -0.1) is 0 Å². The predicted octanol–water partition coefficient (Wildman–Crippen LogP) is 5.58. The second-order valence-corrected chi connectivity index (χ2v) is 9.04. The molecule has 2 aromatic rings. The zero-order valence-electron chi connectivity index (χ0n) is 18.1. The number of hydrogen-bond donors (Lipinski definition) is 2. The summed E-state index contributed by atoms with van der Waals surface area (Å²) < 4.78 is 40.4. The van der Waals surface area contributed by atoms with E-state index in [9.17, 15) is 13.0 Å². The minimum atomic E-state index is -4.42. The number of nitrogens with one attached hydrogen (secondary N) is 1. The highest BCUT2D eigenvalue weighted by molar-refractivity contribution is 7.86. The molecule has 4 rings (SSSR count). The first-order valence-electron chi connectivity index (χ1n) is 10.7. The highest BCUT2D eigenvalue weighted by Crippen LogP contribution is 2.42. The third-order valence-electron chi connectivity index (χ3n) is 5.24. The SMILES string of the molecule is CCCN=c1ccc2c(-c3ccccc3S(=O)(=O)O)c3ccc(NCCC)cc3oc-2c1. The molecular weight excluding hydrogens is 424 g/mol. The van der Waals surface area contributed by atoms with Gasteiger partial charge in [0.1, 0.15) is 16.2 Å². The van der Waals surface area contributed by atoms with E-state index < -0.39 is 10.1 Å². The van der Waals surface area contributed by atoms with Crippen LogP contribution in [-0.4, -0.2) is 26.1 Å². The van der Waals surface area contributed by atoms with Crippen molar-refractivity contribution in [3.05, 3.63) is 66.0 Å². The van der Waals surface area contributed by atoms with Crippen molar-refractivity contribution >= 4 is 26.8 Å². The first-order valence-corrected chi connectivity index (χ1v) is 12.2. The third kappa shape index (κ3) is 4.40. The molecule has 0 bridgehead atoms. The zero-order chi connectivity index (χ0) is 22.7. The summed E-state index contributed by atoms with van der Waals surface area (Å²) in [6.45, 7) is 5.70. The zero-order valence-corrected chi connectivity index (χ0v) is 18.9. The average molecular weight is 451 g/mol. The molecule has 6 nitrogen and oxygen atoms in total. The molecule has 1 aliphatic carbocycles. The topological polar surface area (TPSA) is 91.9 Å². The summed E-state index contributed by atoms with van der Waals surface area (Å²) in [6, 6.07) is 17.9. The Balaban J connectivity index is 2.08. The smallest absolute Gasteiger partial charge is 0.295 e. The lowest BCUT2D eigenvalue weighted by atomic mass is 9.93. The largest absolute Gasteiger partial charge is 0.456 e. The van der Waals surface area contributed by atoms with Crippen LogP contribution in [0.2, 0.25) is 0 Å². The monoisotopic (exact) mass is 450 g/mol. The Morgan fingerprint density at radius 3 is 2.53 bits per heavy atom. The normalized spacial score (nSPS) is 12.5. The van der Waals surface area contributed by atoms with Crippen LogP contribution in [0.15, 0.2) is 75.0 Å². The van der Waals surface area contributed by atoms with Gasteiger partial charge in [0, 0.05) is 53.0 Å². The van der Waals surface area contributed by atoms with Crippen LogP contribution in [0.25, 0.3) is 33.4 Å². The molecule has 2 N–H and O–H groups in total. The van der Waals surface area contributed by atoms with E-state index in [4.69, 9.17) is 4.42 Å². The lowest BCUT2D eigenvalue weighted by Gasteiger charge is -2.17. The van der Waals surface area contributed by atoms with Crippen LogP contribution in [0.3, 0.4) is 0 Å². The Bertz CT molecular complexity index is 1410. The summed E-state index contributed by atoms with van der Waals surface area (Å²) in [6.07, 6.45) is 1.93. The number of nitrogens with zero attached hydrogens (tertiary/aromatic N) is 1. The molecule has 2 aliphatic rings. The molecule has 0 aromatic heterocycles. The molecule has 0 fully saturated rings. The summed E-state index contributed by atoms with van der Waals surface area (Å²) in [7, 11) is -4.42. The van der Waals surface area contributed by atoms with Crippen LogP contribution in [0, 0.1) is 0 Å². The number of anilines is 1. The summed E-state index contributed by atoms with van der Waals surface area (Å²) in [5.41, 5.74) is 3.40. The summed E-state index contributed by atoms with van der Waals surface area (Å²) in [5.74, 6) is 0.600. The van der Waals surface area contributed by atoms with E-state index in [0.717, 1.165) is 41.4 Å². The van der Waals surface area contributed by atoms with Gasteiger partial charge in [-0.1, -0.05) is 32.0 Å². The lowest BCUT2D eigenvalue weighted by molar-refractivity contribution is 0.483. The van der Waals surface area contributed by atoms with Crippen molar-refractivity contribution in [2.75, 3.05) is 18.4 Å². The molecular formula is C25H26N2O4S. The fraction of sp³-hybridized carbons (Fsp3) is 0.240. The van der Waals surface area contributed by atoms with Gasteiger partial charge in [0.25, 0.3) is 10.1 Å². The Labute approximate surface area is 187 Å². The van der Waals surface area contributed by atoms with Crippen molar-refractivity contribution in [3.8, 4) is 22.5 Å². The Morgan fingerprint density at radius 2 is 1.78 bits per heavy atom. The first-order chi connectivity index (χ1) is 15.4. The predicted molar refractivity (Wildman–Crippen MR) is 128 cm³/mol.